The SMILES string of the molecule is Cc1nc2c(c(-c3ccc(Cl)cc3)nn2-c2ccccc2)c2c1CCN2c1cccc(Cl)c1. The fraction of sp³-hybridized carbons (Fsp3) is 0.111. The number of nitrogens with zero attached hydrogens (tertiary/aromatic N) is 4. The number of rotatable bonds is 3. The second-order valence-corrected chi connectivity index (χ2v) is 9.08. The fourth-order valence-electron chi connectivity index (χ4n) is 4.67. The van der Waals surface area contributed by atoms with Gasteiger partial charge in [-0.05, 0) is 61.4 Å². The van der Waals surface area contributed by atoms with Crippen molar-refractivity contribution < 1.29 is 0 Å². The van der Waals surface area contributed by atoms with Crippen molar-refractivity contribution in [2.24, 2.45) is 0 Å². The maximum absolute atomic E-state index is 6.36. The van der Waals surface area contributed by atoms with E-state index in [-0.39, 0.29) is 0 Å². The van der Waals surface area contributed by atoms with Gasteiger partial charge < -0.3 is 4.90 Å². The summed E-state index contributed by atoms with van der Waals surface area (Å²) in [5.41, 5.74) is 8.23. The largest absolute Gasteiger partial charge is 0.340 e. The van der Waals surface area contributed by atoms with Crippen molar-refractivity contribution in [2.75, 3.05) is 11.4 Å². The predicted molar refractivity (Wildman–Crippen MR) is 136 cm³/mol. The highest BCUT2D eigenvalue weighted by atomic mass is 35.5. The van der Waals surface area contributed by atoms with Crippen LogP contribution in [0.4, 0.5) is 11.4 Å². The Morgan fingerprint density at radius 2 is 1.58 bits per heavy atom. The van der Waals surface area contributed by atoms with Crippen LogP contribution >= 0.6 is 23.2 Å². The first-order valence-corrected chi connectivity index (χ1v) is 11.6. The quantitative estimate of drug-likeness (QED) is 0.275. The van der Waals surface area contributed by atoms with E-state index in [4.69, 9.17) is 33.3 Å². The van der Waals surface area contributed by atoms with Crippen LogP contribution in [-0.2, 0) is 6.42 Å². The standard InChI is InChI=1S/C27H20Cl2N4/c1-17-23-14-15-32(22-9-5-6-20(29)16-22)26(23)24-25(18-10-12-19(28)13-11-18)31-33(27(24)30-17)21-7-3-2-4-8-21/h2-13,16H,14-15H2,1H3. The molecule has 4 nitrogen and oxygen atoms in total. The van der Waals surface area contributed by atoms with E-state index in [1.165, 1.54) is 5.56 Å². The van der Waals surface area contributed by atoms with Crippen LogP contribution in [0.1, 0.15) is 11.3 Å². The zero-order valence-corrected chi connectivity index (χ0v) is 19.5. The molecule has 1 aliphatic heterocycles. The lowest BCUT2D eigenvalue weighted by Crippen LogP contribution is -2.13. The highest BCUT2D eigenvalue weighted by Gasteiger charge is 2.30. The number of hydrogen-bond donors (Lipinski definition) is 0. The molecule has 0 unspecified atom stereocenters. The van der Waals surface area contributed by atoms with E-state index in [9.17, 15) is 0 Å². The third kappa shape index (κ3) is 3.38. The number of hydrogen-bond acceptors (Lipinski definition) is 3. The van der Waals surface area contributed by atoms with Gasteiger partial charge in [-0.2, -0.15) is 5.10 Å². The van der Waals surface area contributed by atoms with Crippen LogP contribution in [-0.4, -0.2) is 21.3 Å². The van der Waals surface area contributed by atoms with E-state index in [0.717, 1.165) is 63.0 Å². The zero-order valence-electron chi connectivity index (χ0n) is 18.0. The molecule has 3 heterocycles. The van der Waals surface area contributed by atoms with E-state index in [1.807, 2.05) is 65.3 Å². The molecule has 0 radical (unpaired) electrons. The van der Waals surface area contributed by atoms with Gasteiger partial charge in [0.15, 0.2) is 5.65 Å². The molecule has 0 amide bonds. The summed E-state index contributed by atoms with van der Waals surface area (Å²) in [5.74, 6) is 0. The first kappa shape index (κ1) is 20.3. The molecule has 0 saturated heterocycles. The molecular weight excluding hydrogens is 451 g/mol. The van der Waals surface area contributed by atoms with Gasteiger partial charge in [0.05, 0.1) is 16.8 Å². The van der Waals surface area contributed by atoms with Gasteiger partial charge >= 0.3 is 0 Å². The van der Waals surface area contributed by atoms with Gasteiger partial charge in [0, 0.05) is 33.5 Å². The maximum Gasteiger partial charge on any atom is 0.165 e. The van der Waals surface area contributed by atoms with Crippen molar-refractivity contribution in [1.82, 2.24) is 14.8 Å². The number of fused-ring (bicyclic) bond motifs is 3. The van der Waals surface area contributed by atoms with Crippen molar-refractivity contribution in [2.45, 2.75) is 13.3 Å². The molecule has 0 bridgehead atoms. The average molecular weight is 471 g/mol. The molecule has 0 spiro atoms. The Kier molecular flexibility index (Phi) is 4.86. The summed E-state index contributed by atoms with van der Waals surface area (Å²) in [7, 11) is 0. The molecule has 6 heteroatoms. The summed E-state index contributed by atoms with van der Waals surface area (Å²) in [4.78, 5) is 7.40. The number of aryl methyl sites for hydroxylation is 1. The summed E-state index contributed by atoms with van der Waals surface area (Å²) >= 11 is 12.6. The molecule has 0 atom stereocenters. The van der Waals surface area contributed by atoms with E-state index < -0.39 is 0 Å². The lowest BCUT2D eigenvalue weighted by Gasteiger charge is -2.21. The first-order chi connectivity index (χ1) is 16.1. The second kappa shape index (κ2) is 7.91. The van der Waals surface area contributed by atoms with E-state index in [1.54, 1.807) is 0 Å². The third-order valence-electron chi connectivity index (χ3n) is 6.19. The van der Waals surface area contributed by atoms with Crippen molar-refractivity contribution in [3.63, 3.8) is 0 Å². The monoisotopic (exact) mass is 470 g/mol. The Morgan fingerprint density at radius 1 is 0.818 bits per heavy atom. The molecule has 3 aromatic carbocycles. The topological polar surface area (TPSA) is 34.0 Å². The molecule has 2 aromatic heterocycles. The number of pyridine rings is 1. The minimum absolute atomic E-state index is 0.699. The van der Waals surface area contributed by atoms with Gasteiger partial charge in [0.2, 0.25) is 0 Å². The van der Waals surface area contributed by atoms with Crippen LogP contribution in [0.15, 0.2) is 78.9 Å². The number of anilines is 2. The highest BCUT2D eigenvalue weighted by Crippen LogP contribution is 2.45. The number of aromatic nitrogens is 3. The predicted octanol–water partition coefficient (Wildman–Crippen LogP) is 7.40. The van der Waals surface area contributed by atoms with Gasteiger partial charge in [-0.15, -0.1) is 0 Å². The molecule has 0 fully saturated rings. The van der Waals surface area contributed by atoms with Gasteiger partial charge in [0.1, 0.15) is 5.69 Å². The lowest BCUT2D eigenvalue weighted by molar-refractivity contribution is 0.896. The lowest BCUT2D eigenvalue weighted by atomic mass is 10.0. The molecule has 0 saturated carbocycles. The summed E-state index contributed by atoms with van der Waals surface area (Å²) in [6.45, 7) is 2.96. The van der Waals surface area contributed by atoms with Crippen molar-refractivity contribution in [1.29, 1.82) is 0 Å². The van der Waals surface area contributed by atoms with Gasteiger partial charge in [-0.1, -0.05) is 59.6 Å². The normalized spacial score (nSPS) is 13.0. The molecule has 5 aromatic rings. The molecule has 0 N–H and O–H groups in total. The molecule has 162 valence electrons. The van der Waals surface area contributed by atoms with Crippen LogP contribution in [0.2, 0.25) is 10.0 Å². The smallest absolute Gasteiger partial charge is 0.165 e. The number of halogens is 2. The van der Waals surface area contributed by atoms with Gasteiger partial charge in [-0.3, -0.25) is 0 Å². The van der Waals surface area contributed by atoms with Crippen LogP contribution in [0, 0.1) is 6.92 Å². The van der Waals surface area contributed by atoms with E-state index >= 15 is 0 Å². The van der Waals surface area contributed by atoms with E-state index in [0.29, 0.717) is 5.02 Å². The highest BCUT2D eigenvalue weighted by molar-refractivity contribution is 6.31. The first-order valence-electron chi connectivity index (χ1n) is 10.9. The molecule has 6 rings (SSSR count). The molecule has 0 aliphatic carbocycles. The average Bonchev–Trinajstić information content (AvgIpc) is 3.43. The summed E-state index contributed by atoms with van der Waals surface area (Å²) in [6, 6.07) is 26.0. The van der Waals surface area contributed by atoms with Crippen molar-refractivity contribution in [3.8, 4) is 16.9 Å². The zero-order chi connectivity index (χ0) is 22.5. The van der Waals surface area contributed by atoms with Crippen molar-refractivity contribution in [3.05, 3.63) is 100 Å². The third-order valence-corrected chi connectivity index (χ3v) is 6.67. The summed E-state index contributed by atoms with van der Waals surface area (Å²) in [6.07, 6.45) is 0.924. The summed E-state index contributed by atoms with van der Waals surface area (Å²) in [5, 5.41) is 7.55. The molecular formula is C27H20Cl2N4. The van der Waals surface area contributed by atoms with Crippen LogP contribution < -0.4 is 4.90 Å². The van der Waals surface area contributed by atoms with Crippen LogP contribution in [0.25, 0.3) is 28.0 Å². The number of para-hydroxylation sites is 1. The van der Waals surface area contributed by atoms with Crippen molar-refractivity contribution >= 4 is 45.6 Å². The minimum Gasteiger partial charge on any atom is -0.340 e. The number of benzene rings is 3. The Balaban J connectivity index is 1.69. The Bertz CT molecular complexity index is 1490. The van der Waals surface area contributed by atoms with Crippen LogP contribution in [0.3, 0.4) is 0 Å². The van der Waals surface area contributed by atoms with Gasteiger partial charge in [-0.25, -0.2) is 9.67 Å². The Hall–Kier alpha value is -3.34. The Morgan fingerprint density at radius 3 is 2.33 bits per heavy atom. The molecule has 1 aliphatic rings. The second-order valence-electron chi connectivity index (χ2n) is 8.21. The Labute approximate surface area is 202 Å². The van der Waals surface area contributed by atoms with E-state index in [2.05, 4.69) is 30.0 Å². The maximum atomic E-state index is 6.36. The molecule has 33 heavy (non-hydrogen) atoms. The van der Waals surface area contributed by atoms with Crippen LogP contribution in [0.5, 0.6) is 0 Å². The van der Waals surface area contributed by atoms with Gasteiger partial charge in [0.25, 0.3) is 0 Å². The minimum atomic E-state index is 0.699. The fourth-order valence-corrected chi connectivity index (χ4v) is 4.98. The summed E-state index contributed by atoms with van der Waals surface area (Å²) < 4.78 is 1.95.